The number of nitrogens with two attached hydrogens (primary N) is 1. The van der Waals surface area contributed by atoms with Gasteiger partial charge in [-0.2, -0.15) is 0 Å². The summed E-state index contributed by atoms with van der Waals surface area (Å²) < 4.78 is 11.2. The van der Waals surface area contributed by atoms with Gasteiger partial charge in [-0.3, -0.25) is 4.79 Å². The molecule has 4 aromatic rings. The maximum atomic E-state index is 12.1. The van der Waals surface area contributed by atoms with E-state index in [-0.39, 0.29) is 12.5 Å². The third-order valence-electron chi connectivity index (χ3n) is 5.89. The summed E-state index contributed by atoms with van der Waals surface area (Å²) in [5.41, 5.74) is 9.36. The topological polar surface area (TPSA) is 135 Å². The molecule has 0 radical (unpaired) electrons. The van der Waals surface area contributed by atoms with E-state index in [1.165, 1.54) is 12.4 Å². The van der Waals surface area contributed by atoms with E-state index in [1.54, 1.807) is 13.2 Å². The van der Waals surface area contributed by atoms with Crippen LogP contribution in [-0.2, 0) is 4.79 Å². The van der Waals surface area contributed by atoms with Gasteiger partial charge in [-0.05, 0) is 53.9 Å². The van der Waals surface area contributed by atoms with E-state index in [0.29, 0.717) is 41.2 Å². The summed E-state index contributed by atoms with van der Waals surface area (Å²) in [6.07, 6.45) is 2.62. The van der Waals surface area contributed by atoms with Gasteiger partial charge in [0.15, 0.2) is 12.4 Å². The third kappa shape index (κ3) is 6.89. The van der Waals surface area contributed by atoms with Crippen molar-refractivity contribution in [3.63, 3.8) is 0 Å². The van der Waals surface area contributed by atoms with Gasteiger partial charge < -0.3 is 31.3 Å². The van der Waals surface area contributed by atoms with Crippen molar-refractivity contribution in [2.45, 2.75) is 13.8 Å². The summed E-state index contributed by atoms with van der Waals surface area (Å²) in [6.45, 7) is 4.60. The number of carbonyl (C=O) groups excluding carboxylic acids is 1. The molecule has 0 unspecified atom stereocenters. The normalized spacial score (nSPS) is 11.3. The van der Waals surface area contributed by atoms with Crippen LogP contribution >= 0.6 is 0 Å². The Morgan fingerprint density at radius 2 is 1.85 bits per heavy atom. The zero-order valence-electron chi connectivity index (χ0n) is 22.2. The van der Waals surface area contributed by atoms with Crippen molar-refractivity contribution in [2.75, 3.05) is 25.6 Å². The summed E-state index contributed by atoms with van der Waals surface area (Å²) in [7, 11) is 1.61. The molecule has 5 N–H and O–H groups in total. The van der Waals surface area contributed by atoms with Crippen LogP contribution in [-0.4, -0.2) is 42.4 Å². The molecule has 0 aliphatic carbocycles. The number of amides is 1. The number of aromatic nitrogens is 2. The zero-order chi connectivity index (χ0) is 27.8. The number of hydrogen-bond acceptors (Lipinski definition) is 8. The molecule has 0 saturated carbocycles. The quantitative estimate of drug-likeness (QED) is 0.199. The maximum Gasteiger partial charge on any atom is 0.257 e. The first kappa shape index (κ1) is 27.1. The Kier molecular flexibility index (Phi) is 8.73. The van der Waals surface area contributed by atoms with Crippen molar-refractivity contribution in [3.8, 4) is 22.9 Å². The second kappa shape index (κ2) is 12.6. The van der Waals surface area contributed by atoms with Gasteiger partial charge in [0.2, 0.25) is 0 Å². The first-order chi connectivity index (χ1) is 18.9. The van der Waals surface area contributed by atoms with Crippen LogP contribution in [0, 0.1) is 11.3 Å². The zero-order valence-corrected chi connectivity index (χ0v) is 22.2. The summed E-state index contributed by atoms with van der Waals surface area (Å²) >= 11 is 0. The lowest BCUT2D eigenvalue weighted by atomic mass is 10.1. The fourth-order valence-electron chi connectivity index (χ4n) is 3.81. The average Bonchev–Trinajstić information content (AvgIpc) is 2.96. The third-order valence-corrected chi connectivity index (χ3v) is 5.89. The van der Waals surface area contributed by atoms with E-state index in [2.05, 4.69) is 10.6 Å². The predicted molar refractivity (Wildman–Crippen MR) is 156 cm³/mol. The fraction of sp³-hybridized carbons (Fsp3) is 0.200. The number of rotatable bonds is 11. The highest BCUT2D eigenvalue weighted by atomic mass is 16.5. The molecule has 0 bridgehead atoms. The molecule has 39 heavy (non-hydrogen) atoms. The molecule has 9 heteroatoms. The number of benzene rings is 3. The summed E-state index contributed by atoms with van der Waals surface area (Å²) in [5, 5.41) is 14.5. The monoisotopic (exact) mass is 524 g/mol. The van der Waals surface area contributed by atoms with Gasteiger partial charge in [-0.15, -0.1) is 0 Å². The largest absolute Gasteiger partial charge is 0.497 e. The first-order valence-electron chi connectivity index (χ1n) is 12.6. The van der Waals surface area contributed by atoms with Crippen molar-refractivity contribution in [1.82, 2.24) is 15.3 Å². The average molecular weight is 525 g/mol. The number of allylic oxidation sites excluding steroid dienone is 1. The molecule has 1 heterocycles. The van der Waals surface area contributed by atoms with E-state index in [4.69, 9.17) is 30.6 Å². The standard InChI is InChI=1S/C30H32N6O3/c1-19(2)17-33-28(37)18-39-25-6-4-5-21(13-25)29-35-27-12-11-24(38-3)14-26(27)30(36-29)34-23-9-7-20(8-10-23)22(15-31)16-32/h4-16,19,31H,17-18,32H2,1-3H3,(H,33,37)(H,34,35,36)/b22-16+,31-15?. The number of nitrogens with one attached hydrogen (secondary N) is 3. The Hall–Kier alpha value is -4.92. The molecule has 0 aliphatic heterocycles. The minimum absolute atomic E-state index is 0.0730. The van der Waals surface area contributed by atoms with Crippen molar-refractivity contribution in [2.24, 2.45) is 11.7 Å². The highest BCUT2D eigenvalue weighted by molar-refractivity contribution is 6.08. The number of methoxy groups -OCH3 is 1. The van der Waals surface area contributed by atoms with Gasteiger partial charge in [0, 0.05) is 41.2 Å². The molecule has 200 valence electrons. The molecule has 0 saturated heterocycles. The number of carbonyl (C=O) groups is 1. The second-order valence-electron chi connectivity index (χ2n) is 9.26. The molecule has 0 atom stereocenters. The molecule has 9 nitrogen and oxygen atoms in total. The van der Waals surface area contributed by atoms with Gasteiger partial charge in [-0.1, -0.05) is 38.1 Å². The Morgan fingerprint density at radius 1 is 1.05 bits per heavy atom. The van der Waals surface area contributed by atoms with Gasteiger partial charge in [0.25, 0.3) is 5.91 Å². The lowest BCUT2D eigenvalue weighted by Crippen LogP contribution is -2.31. The lowest BCUT2D eigenvalue weighted by molar-refractivity contribution is -0.123. The van der Waals surface area contributed by atoms with Crippen molar-refractivity contribution in [1.29, 1.82) is 5.41 Å². The molecular formula is C30H32N6O3. The smallest absolute Gasteiger partial charge is 0.257 e. The predicted octanol–water partition coefficient (Wildman–Crippen LogP) is 5.15. The molecular weight excluding hydrogens is 492 g/mol. The van der Waals surface area contributed by atoms with Gasteiger partial charge in [-0.25, -0.2) is 9.97 Å². The van der Waals surface area contributed by atoms with Crippen LogP contribution in [0.4, 0.5) is 11.5 Å². The number of ether oxygens (including phenoxy) is 2. The number of fused-ring (bicyclic) bond motifs is 1. The van der Waals surface area contributed by atoms with Crippen molar-refractivity contribution in [3.05, 3.63) is 78.5 Å². The fourth-order valence-corrected chi connectivity index (χ4v) is 3.81. The summed E-state index contributed by atoms with van der Waals surface area (Å²) in [4.78, 5) is 21.7. The molecule has 4 rings (SSSR count). The van der Waals surface area contributed by atoms with E-state index < -0.39 is 0 Å². The number of hydrogen-bond donors (Lipinski definition) is 4. The van der Waals surface area contributed by atoms with Gasteiger partial charge >= 0.3 is 0 Å². The number of anilines is 2. The van der Waals surface area contributed by atoms with Crippen molar-refractivity contribution < 1.29 is 14.3 Å². The molecule has 0 fully saturated rings. The van der Waals surface area contributed by atoms with Crippen LogP contribution in [0.2, 0.25) is 0 Å². The van der Waals surface area contributed by atoms with E-state index in [0.717, 1.165) is 27.7 Å². The molecule has 0 aliphatic rings. The molecule has 3 aromatic carbocycles. The second-order valence-corrected chi connectivity index (χ2v) is 9.26. The van der Waals surface area contributed by atoms with Crippen LogP contribution in [0.15, 0.2) is 72.9 Å². The van der Waals surface area contributed by atoms with E-state index in [1.807, 2.05) is 74.5 Å². The highest BCUT2D eigenvalue weighted by Crippen LogP contribution is 2.31. The van der Waals surface area contributed by atoms with Crippen LogP contribution in [0.3, 0.4) is 0 Å². The minimum Gasteiger partial charge on any atom is -0.497 e. The van der Waals surface area contributed by atoms with Crippen LogP contribution in [0.25, 0.3) is 27.9 Å². The van der Waals surface area contributed by atoms with Crippen LogP contribution in [0.5, 0.6) is 11.5 Å². The Labute approximate surface area is 227 Å². The number of nitrogens with zero attached hydrogens (tertiary/aromatic N) is 2. The molecule has 0 spiro atoms. The Balaban J connectivity index is 1.64. The van der Waals surface area contributed by atoms with E-state index in [9.17, 15) is 4.79 Å². The van der Waals surface area contributed by atoms with Gasteiger partial charge in [0.05, 0.1) is 12.6 Å². The van der Waals surface area contributed by atoms with Gasteiger partial charge in [0.1, 0.15) is 17.3 Å². The summed E-state index contributed by atoms with van der Waals surface area (Å²) in [5.74, 6) is 2.53. The van der Waals surface area contributed by atoms with Crippen LogP contribution < -0.4 is 25.8 Å². The van der Waals surface area contributed by atoms with E-state index >= 15 is 0 Å². The Morgan fingerprint density at radius 3 is 2.54 bits per heavy atom. The Bertz CT molecular complexity index is 1500. The molecule has 1 aromatic heterocycles. The van der Waals surface area contributed by atoms with Crippen LogP contribution in [0.1, 0.15) is 19.4 Å². The lowest BCUT2D eigenvalue weighted by Gasteiger charge is -2.13. The minimum atomic E-state index is -0.169. The first-order valence-corrected chi connectivity index (χ1v) is 12.6. The molecule has 1 amide bonds. The highest BCUT2D eigenvalue weighted by Gasteiger charge is 2.13. The summed E-state index contributed by atoms with van der Waals surface area (Å²) in [6, 6.07) is 20.5. The maximum absolute atomic E-state index is 12.1. The SMILES string of the molecule is COc1ccc2nc(-c3cccc(OCC(=O)NCC(C)C)c3)nc(Nc3ccc(/C(C=N)=C/N)cc3)c2c1. The van der Waals surface area contributed by atoms with Crippen molar-refractivity contribution >= 4 is 40.1 Å².